The zero-order valence-electron chi connectivity index (χ0n) is 14.5. The first-order valence-corrected chi connectivity index (χ1v) is 9.30. The van der Waals surface area contributed by atoms with Crippen LogP contribution >= 0.6 is 11.3 Å². The molecule has 0 saturated carbocycles. The maximum Gasteiger partial charge on any atom is 0.211 e. The molecular formula is C21H14F2N4S. The van der Waals surface area contributed by atoms with Gasteiger partial charge in [0.1, 0.15) is 17.3 Å². The van der Waals surface area contributed by atoms with Crippen LogP contribution in [0.25, 0.3) is 11.3 Å². The Hall–Kier alpha value is -3.45. The fourth-order valence-corrected chi connectivity index (χ4v) is 3.37. The molecule has 0 unspecified atom stereocenters. The number of thiazole rings is 1. The zero-order valence-corrected chi connectivity index (χ0v) is 15.4. The van der Waals surface area contributed by atoms with Gasteiger partial charge in [0.15, 0.2) is 0 Å². The summed E-state index contributed by atoms with van der Waals surface area (Å²) in [7, 11) is 0. The monoisotopic (exact) mass is 392 g/mol. The molecule has 0 fully saturated rings. The summed E-state index contributed by atoms with van der Waals surface area (Å²) in [5.74, 6) is -0.738. The molecule has 0 saturated heterocycles. The van der Waals surface area contributed by atoms with Crippen molar-refractivity contribution in [1.29, 1.82) is 0 Å². The second-order valence-corrected chi connectivity index (χ2v) is 6.62. The predicted octanol–water partition coefficient (Wildman–Crippen LogP) is 5.00. The van der Waals surface area contributed by atoms with E-state index < -0.39 is 5.82 Å². The predicted molar refractivity (Wildman–Crippen MR) is 107 cm³/mol. The van der Waals surface area contributed by atoms with Crippen molar-refractivity contribution in [2.75, 3.05) is 0 Å². The fourth-order valence-electron chi connectivity index (χ4n) is 2.52. The van der Waals surface area contributed by atoms with Gasteiger partial charge in [-0.1, -0.05) is 18.2 Å². The summed E-state index contributed by atoms with van der Waals surface area (Å²) >= 11 is 1.32. The van der Waals surface area contributed by atoms with Gasteiger partial charge in [0.2, 0.25) is 4.80 Å². The number of hydrogen-bond acceptors (Lipinski definition) is 4. The first-order chi connectivity index (χ1) is 13.7. The van der Waals surface area contributed by atoms with Crippen molar-refractivity contribution >= 4 is 23.2 Å². The molecule has 4 aromatic rings. The van der Waals surface area contributed by atoms with Crippen molar-refractivity contribution in [3.05, 3.63) is 100 Å². The second kappa shape index (κ2) is 8.06. The molecule has 0 spiro atoms. The van der Waals surface area contributed by atoms with Gasteiger partial charge in [0, 0.05) is 17.1 Å². The van der Waals surface area contributed by atoms with Crippen LogP contribution in [0.3, 0.4) is 0 Å². The molecule has 4 rings (SSSR count). The van der Waals surface area contributed by atoms with Gasteiger partial charge in [-0.15, -0.1) is 11.3 Å². The summed E-state index contributed by atoms with van der Waals surface area (Å²) in [5.41, 5.74) is 2.37. The third-order valence-electron chi connectivity index (χ3n) is 3.89. The number of nitrogens with zero attached hydrogens (tertiary/aromatic N) is 4. The van der Waals surface area contributed by atoms with Crippen LogP contribution in [-0.2, 0) is 0 Å². The molecular weight excluding hydrogens is 378 g/mol. The highest BCUT2D eigenvalue weighted by Crippen LogP contribution is 2.22. The van der Waals surface area contributed by atoms with Crippen LogP contribution in [-0.4, -0.2) is 15.9 Å². The molecule has 138 valence electrons. The third-order valence-corrected chi connectivity index (χ3v) is 4.70. The average molecular weight is 392 g/mol. The van der Waals surface area contributed by atoms with Gasteiger partial charge in [0.25, 0.3) is 0 Å². The van der Waals surface area contributed by atoms with Crippen molar-refractivity contribution in [3.63, 3.8) is 0 Å². The Labute approximate surface area is 163 Å². The first kappa shape index (κ1) is 17.9. The van der Waals surface area contributed by atoms with Crippen molar-refractivity contribution < 1.29 is 8.78 Å². The third kappa shape index (κ3) is 3.94. The first-order valence-electron chi connectivity index (χ1n) is 8.42. The summed E-state index contributed by atoms with van der Waals surface area (Å²) < 4.78 is 28.9. The number of pyridine rings is 1. The van der Waals surface area contributed by atoms with Gasteiger partial charge >= 0.3 is 0 Å². The molecule has 2 heterocycles. The van der Waals surface area contributed by atoms with Crippen molar-refractivity contribution in [2.45, 2.75) is 0 Å². The Morgan fingerprint density at radius 3 is 2.46 bits per heavy atom. The minimum absolute atomic E-state index is 0.219. The summed E-state index contributed by atoms with van der Waals surface area (Å²) in [5, 5.41) is 6.34. The highest BCUT2D eigenvalue weighted by molar-refractivity contribution is 7.07. The standard InChI is InChI=1S/C21H14F2N4S/c22-16-10-8-15(9-11-16)20-14-28-21(26-19-7-2-1-6-18(19)23)27(20)25-13-17-5-3-4-12-24-17/h1-14H/b25-13-,26-21?. The molecule has 0 aliphatic heterocycles. The van der Waals surface area contributed by atoms with E-state index in [-0.39, 0.29) is 11.5 Å². The maximum absolute atomic E-state index is 14.0. The Morgan fingerprint density at radius 1 is 0.929 bits per heavy atom. The molecule has 2 aromatic heterocycles. The van der Waals surface area contributed by atoms with E-state index in [0.717, 1.165) is 5.56 Å². The molecule has 0 N–H and O–H groups in total. The lowest BCUT2D eigenvalue weighted by atomic mass is 10.2. The van der Waals surface area contributed by atoms with Crippen LogP contribution < -0.4 is 4.80 Å². The van der Waals surface area contributed by atoms with E-state index in [9.17, 15) is 8.78 Å². The van der Waals surface area contributed by atoms with Crippen molar-refractivity contribution in [1.82, 2.24) is 9.66 Å². The number of hydrogen-bond donors (Lipinski definition) is 0. The molecule has 2 aromatic carbocycles. The van der Waals surface area contributed by atoms with E-state index in [1.165, 1.54) is 29.5 Å². The van der Waals surface area contributed by atoms with Crippen LogP contribution in [0.2, 0.25) is 0 Å². The summed E-state index contributed by atoms with van der Waals surface area (Å²) in [4.78, 5) is 9.12. The minimum Gasteiger partial charge on any atom is -0.255 e. The van der Waals surface area contributed by atoms with Crippen LogP contribution in [0, 0.1) is 11.6 Å². The quantitative estimate of drug-likeness (QED) is 0.451. The van der Waals surface area contributed by atoms with Crippen molar-refractivity contribution in [2.24, 2.45) is 10.1 Å². The van der Waals surface area contributed by atoms with Crippen LogP contribution in [0.4, 0.5) is 14.5 Å². The highest BCUT2D eigenvalue weighted by atomic mass is 32.1. The lowest BCUT2D eigenvalue weighted by Gasteiger charge is -2.04. The lowest BCUT2D eigenvalue weighted by Crippen LogP contribution is -2.12. The van der Waals surface area contributed by atoms with E-state index in [1.807, 2.05) is 23.6 Å². The van der Waals surface area contributed by atoms with E-state index in [1.54, 1.807) is 47.4 Å². The van der Waals surface area contributed by atoms with Crippen molar-refractivity contribution in [3.8, 4) is 11.3 Å². The zero-order chi connectivity index (χ0) is 19.3. The minimum atomic E-state index is -0.417. The van der Waals surface area contributed by atoms with Crippen LogP contribution in [0.15, 0.2) is 88.4 Å². The second-order valence-electron chi connectivity index (χ2n) is 5.78. The molecule has 0 radical (unpaired) electrons. The van der Waals surface area contributed by atoms with E-state index in [0.29, 0.717) is 16.2 Å². The molecule has 0 aliphatic rings. The van der Waals surface area contributed by atoms with Gasteiger partial charge in [-0.05, 0) is 48.5 Å². The normalized spacial score (nSPS) is 12.0. The average Bonchev–Trinajstić information content (AvgIpc) is 3.12. The molecule has 28 heavy (non-hydrogen) atoms. The van der Waals surface area contributed by atoms with Gasteiger partial charge in [-0.3, -0.25) is 4.98 Å². The number of para-hydroxylation sites is 1. The Bertz CT molecular complexity index is 1180. The SMILES string of the molecule is Fc1ccc(-c2csc(=Nc3ccccc3F)n2/N=C\c2ccccn2)cc1. The van der Waals surface area contributed by atoms with E-state index >= 15 is 0 Å². The summed E-state index contributed by atoms with van der Waals surface area (Å²) in [6.45, 7) is 0. The number of rotatable bonds is 4. The highest BCUT2D eigenvalue weighted by Gasteiger charge is 2.09. The molecule has 0 amide bonds. The Morgan fingerprint density at radius 2 is 1.71 bits per heavy atom. The summed E-state index contributed by atoms with van der Waals surface area (Å²) in [6.07, 6.45) is 3.27. The fraction of sp³-hybridized carbons (Fsp3) is 0. The number of halogens is 2. The topological polar surface area (TPSA) is 42.5 Å². The molecule has 0 aliphatic carbocycles. The number of benzene rings is 2. The molecule has 0 bridgehead atoms. The van der Waals surface area contributed by atoms with Gasteiger partial charge < -0.3 is 0 Å². The maximum atomic E-state index is 14.0. The van der Waals surface area contributed by atoms with Crippen LogP contribution in [0.5, 0.6) is 0 Å². The number of aromatic nitrogens is 2. The largest absolute Gasteiger partial charge is 0.255 e. The Kier molecular flexibility index (Phi) is 5.16. The molecule has 7 heteroatoms. The van der Waals surface area contributed by atoms with Gasteiger partial charge in [-0.25, -0.2) is 18.4 Å². The van der Waals surface area contributed by atoms with Gasteiger partial charge in [-0.2, -0.15) is 5.10 Å². The molecule has 0 atom stereocenters. The Balaban J connectivity index is 1.86. The van der Waals surface area contributed by atoms with Gasteiger partial charge in [0.05, 0.1) is 17.6 Å². The lowest BCUT2D eigenvalue weighted by molar-refractivity contribution is 0.627. The molecule has 4 nitrogen and oxygen atoms in total. The van der Waals surface area contributed by atoms with Crippen LogP contribution in [0.1, 0.15) is 5.69 Å². The smallest absolute Gasteiger partial charge is 0.211 e. The van der Waals surface area contributed by atoms with E-state index in [4.69, 9.17) is 0 Å². The summed E-state index contributed by atoms with van der Waals surface area (Å²) in [6, 6.07) is 17.9. The van der Waals surface area contributed by atoms with E-state index in [2.05, 4.69) is 15.1 Å².